The van der Waals surface area contributed by atoms with Crippen molar-refractivity contribution < 1.29 is 23.9 Å². The van der Waals surface area contributed by atoms with E-state index in [1.165, 1.54) is 35.3 Å². The van der Waals surface area contributed by atoms with Crippen LogP contribution in [0.25, 0.3) is 5.69 Å². The highest BCUT2D eigenvalue weighted by Crippen LogP contribution is 2.35. The Hall–Kier alpha value is -4.81. The normalized spacial score (nSPS) is 11.7. The molecule has 0 saturated carbocycles. The van der Waals surface area contributed by atoms with Crippen molar-refractivity contribution in [1.29, 1.82) is 0 Å². The minimum absolute atomic E-state index is 0.0167. The number of rotatable bonds is 8. The van der Waals surface area contributed by atoms with E-state index in [9.17, 15) is 19.2 Å². The molecule has 43 heavy (non-hydrogen) atoms. The molecule has 1 atom stereocenters. The number of tetrazole rings is 1. The zero-order valence-electron chi connectivity index (χ0n) is 23.3. The third-order valence-corrected chi connectivity index (χ3v) is 6.63. The van der Waals surface area contributed by atoms with Crippen molar-refractivity contribution in [3.05, 3.63) is 94.2 Å². The Balaban J connectivity index is 1.57. The van der Waals surface area contributed by atoms with E-state index < -0.39 is 35.3 Å². The van der Waals surface area contributed by atoms with Crippen LogP contribution < -0.4 is 16.0 Å². The Morgan fingerprint density at radius 1 is 0.907 bits per heavy atom. The van der Waals surface area contributed by atoms with Gasteiger partial charge in [-0.2, -0.15) is 4.68 Å². The van der Waals surface area contributed by atoms with Gasteiger partial charge in [-0.3, -0.25) is 14.4 Å². The van der Waals surface area contributed by atoms with Gasteiger partial charge in [0.25, 0.3) is 0 Å². The second kappa shape index (κ2) is 13.4. The first kappa shape index (κ1) is 31.1. The number of hydrogen-bond donors (Lipinski definition) is 3. The summed E-state index contributed by atoms with van der Waals surface area (Å²) in [6.07, 6.45) is 1.30. The molecule has 0 aliphatic rings. The summed E-state index contributed by atoms with van der Waals surface area (Å²) in [5, 5.41) is 18.6. The van der Waals surface area contributed by atoms with Gasteiger partial charge in [-0.15, -0.1) is 5.10 Å². The van der Waals surface area contributed by atoms with Gasteiger partial charge in [0.1, 0.15) is 18.0 Å². The molecule has 0 bridgehead atoms. The first-order chi connectivity index (χ1) is 20.4. The number of ether oxygens (including phenoxy) is 1. The monoisotopic (exact) mass is 623 g/mol. The van der Waals surface area contributed by atoms with Crippen LogP contribution in [-0.4, -0.2) is 55.5 Å². The molecule has 3 N–H and O–H groups in total. The smallest absolute Gasteiger partial charge is 0.340 e. The predicted molar refractivity (Wildman–Crippen MR) is 160 cm³/mol. The third kappa shape index (κ3) is 8.15. The lowest BCUT2D eigenvalue weighted by molar-refractivity contribution is -0.137. The van der Waals surface area contributed by atoms with Crippen LogP contribution in [0.5, 0.6) is 0 Å². The maximum absolute atomic E-state index is 13.5. The highest BCUT2D eigenvalue weighted by Gasteiger charge is 2.28. The van der Waals surface area contributed by atoms with Gasteiger partial charge in [0.05, 0.1) is 32.7 Å². The van der Waals surface area contributed by atoms with Crippen LogP contribution in [0.3, 0.4) is 0 Å². The van der Waals surface area contributed by atoms with E-state index in [0.717, 1.165) is 0 Å². The minimum atomic E-state index is -1.22. The number of esters is 1. The maximum Gasteiger partial charge on any atom is 0.340 e. The quantitative estimate of drug-likeness (QED) is 0.194. The van der Waals surface area contributed by atoms with Gasteiger partial charge in [-0.1, -0.05) is 65.7 Å². The van der Waals surface area contributed by atoms with E-state index in [0.29, 0.717) is 5.56 Å². The zero-order valence-corrected chi connectivity index (χ0v) is 24.8. The van der Waals surface area contributed by atoms with Gasteiger partial charge in [0, 0.05) is 6.42 Å². The SMILES string of the molecule is CC(C)(C)OC(=O)c1ccccc1NC(=O)C(Cc1ccccc1)NC(=O)C(=O)Nc1c(-n2cnnn2)ccc(Cl)c1Cl. The van der Waals surface area contributed by atoms with Crippen molar-refractivity contribution in [2.45, 2.75) is 38.8 Å². The Bertz CT molecular complexity index is 1640. The summed E-state index contributed by atoms with van der Waals surface area (Å²) in [6.45, 7) is 5.18. The minimum Gasteiger partial charge on any atom is -0.456 e. The molecule has 3 aromatic carbocycles. The summed E-state index contributed by atoms with van der Waals surface area (Å²) in [5.41, 5.74) is 0.480. The van der Waals surface area contributed by atoms with Crippen molar-refractivity contribution in [2.24, 2.45) is 0 Å². The molecule has 0 aliphatic heterocycles. The fraction of sp³-hybridized carbons (Fsp3) is 0.207. The van der Waals surface area contributed by atoms with Crippen molar-refractivity contribution in [3.8, 4) is 5.69 Å². The number of para-hydroxylation sites is 1. The average Bonchev–Trinajstić information content (AvgIpc) is 3.50. The summed E-state index contributed by atoms with van der Waals surface area (Å²) < 4.78 is 6.69. The molecule has 222 valence electrons. The highest BCUT2D eigenvalue weighted by molar-refractivity contribution is 6.46. The molecule has 4 rings (SSSR count). The Morgan fingerprint density at radius 3 is 2.28 bits per heavy atom. The molecule has 1 aromatic heterocycles. The van der Waals surface area contributed by atoms with Gasteiger partial charge in [-0.25, -0.2) is 4.79 Å². The molecule has 12 nitrogen and oxygen atoms in total. The van der Waals surface area contributed by atoms with Gasteiger partial charge >= 0.3 is 17.8 Å². The molecule has 1 heterocycles. The average molecular weight is 624 g/mol. The van der Waals surface area contributed by atoms with Gasteiger partial charge in [-0.05, 0) is 61.0 Å². The number of carbonyl (C=O) groups excluding carboxylic acids is 4. The van der Waals surface area contributed by atoms with Crippen LogP contribution in [0, 0.1) is 0 Å². The number of nitrogens with one attached hydrogen (secondary N) is 3. The largest absolute Gasteiger partial charge is 0.456 e. The maximum atomic E-state index is 13.5. The summed E-state index contributed by atoms with van der Waals surface area (Å²) in [6, 6.07) is 17.0. The van der Waals surface area contributed by atoms with Crippen LogP contribution in [0.1, 0.15) is 36.7 Å². The number of hydrogen-bond acceptors (Lipinski definition) is 8. The number of halogens is 2. The van der Waals surface area contributed by atoms with E-state index in [-0.39, 0.29) is 39.1 Å². The summed E-state index contributed by atoms with van der Waals surface area (Å²) >= 11 is 12.5. The zero-order chi connectivity index (χ0) is 31.1. The molecule has 0 fully saturated rings. The highest BCUT2D eigenvalue weighted by atomic mass is 35.5. The number of amides is 3. The molecule has 4 aromatic rings. The van der Waals surface area contributed by atoms with Gasteiger partial charge in [0.15, 0.2) is 0 Å². The van der Waals surface area contributed by atoms with E-state index >= 15 is 0 Å². The molecule has 1 unspecified atom stereocenters. The number of anilines is 2. The van der Waals surface area contributed by atoms with E-state index in [1.54, 1.807) is 63.2 Å². The third-order valence-electron chi connectivity index (χ3n) is 5.82. The molecular formula is C29H27Cl2N7O5. The molecule has 0 aliphatic carbocycles. The Labute approximate surface area is 256 Å². The van der Waals surface area contributed by atoms with E-state index in [2.05, 4.69) is 31.5 Å². The van der Waals surface area contributed by atoms with Gasteiger partial charge in [0.2, 0.25) is 5.91 Å². The van der Waals surface area contributed by atoms with Crippen LogP contribution in [0.15, 0.2) is 73.1 Å². The summed E-state index contributed by atoms with van der Waals surface area (Å²) in [5.74, 6) is -3.56. The molecular weight excluding hydrogens is 597 g/mol. The fourth-order valence-corrected chi connectivity index (χ4v) is 4.26. The van der Waals surface area contributed by atoms with Crippen molar-refractivity contribution in [3.63, 3.8) is 0 Å². The molecule has 0 radical (unpaired) electrons. The standard InChI is InChI=1S/C29H27Cl2N7O5/c1-29(2,3)43-28(42)18-11-7-8-12-20(18)33-25(39)21(15-17-9-5-4-6-10-17)34-26(40)27(41)35-24-22(38-16-32-36-37-38)14-13-19(30)23(24)31/h4-14,16,21H,15H2,1-3H3,(H,33,39)(H,34,40)(H,35,41). The van der Waals surface area contributed by atoms with E-state index in [1.807, 2.05) is 0 Å². The number of nitrogens with zero attached hydrogens (tertiary/aromatic N) is 4. The number of aromatic nitrogens is 4. The van der Waals surface area contributed by atoms with Crippen LogP contribution in [0.4, 0.5) is 11.4 Å². The summed E-state index contributed by atoms with van der Waals surface area (Å²) in [4.78, 5) is 52.5. The van der Waals surface area contributed by atoms with Crippen molar-refractivity contribution >= 4 is 58.3 Å². The molecule has 0 spiro atoms. The second-order valence-corrected chi connectivity index (χ2v) is 11.0. The molecule has 14 heteroatoms. The number of benzene rings is 3. The lowest BCUT2D eigenvalue weighted by Gasteiger charge is -2.22. The van der Waals surface area contributed by atoms with Crippen molar-refractivity contribution in [2.75, 3.05) is 10.6 Å². The van der Waals surface area contributed by atoms with Crippen LogP contribution in [-0.2, 0) is 25.5 Å². The Morgan fingerprint density at radius 2 is 1.60 bits per heavy atom. The second-order valence-electron chi connectivity index (χ2n) is 10.2. The van der Waals surface area contributed by atoms with Crippen molar-refractivity contribution in [1.82, 2.24) is 25.5 Å². The van der Waals surface area contributed by atoms with Gasteiger partial charge < -0.3 is 20.7 Å². The lowest BCUT2D eigenvalue weighted by Crippen LogP contribution is -2.49. The predicted octanol–water partition coefficient (Wildman–Crippen LogP) is 4.23. The van der Waals surface area contributed by atoms with Crippen LogP contribution in [0.2, 0.25) is 10.0 Å². The summed E-state index contributed by atoms with van der Waals surface area (Å²) in [7, 11) is 0. The number of carbonyl (C=O) groups is 4. The first-order valence-corrected chi connectivity index (χ1v) is 13.7. The molecule has 0 saturated heterocycles. The molecule has 3 amide bonds. The fourth-order valence-electron chi connectivity index (χ4n) is 3.90. The van der Waals surface area contributed by atoms with Crippen LogP contribution >= 0.6 is 23.2 Å². The first-order valence-electron chi connectivity index (χ1n) is 12.9. The lowest BCUT2D eigenvalue weighted by atomic mass is 10.0. The van der Waals surface area contributed by atoms with E-state index in [4.69, 9.17) is 27.9 Å². The topological polar surface area (TPSA) is 157 Å². The Kier molecular flexibility index (Phi) is 9.73.